The van der Waals surface area contributed by atoms with Gasteiger partial charge in [0.2, 0.25) is 0 Å². The molecule has 0 aliphatic heterocycles. The minimum atomic E-state index is -0.0246. The molecule has 0 radical (unpaired) electrons. The van der Waals surface area contributed by atoms with E-state index in [1.54, 1.807) is 6.08 Å². The Balaban J connectivity index is 0.000000526. The molecule has 4 rings (SSSR count). The van der Waals surface area contributed by atoms with Crippen molar-refractivity contribution >= 4 is 11.6 Å². The van der Waals surface area contributed by atoms with E-state index >= 15 is 0 Å². The maximum atomic E-state index is 12.4. The molecule has 4 aliphatic carbocycles. The normalized spacial score (nSPS) is 43.6. The number of ketones is 2. The third kappa shape index (κ3) is 2.53. The summed E-state index contributed by atoms with van der Waals surface area (Å²) >= 11 is 0. The van der Waals surface area contributed by atoms with Crippen molar-refractivity contribution in [2.75, 3.05) is 0 Å². The first-order chi connectivity index (χ1) is 11.4. The highest BCUT2D eigenvalue weighted by molar-refractivity contribution is 5.91. The van der Waals surface area contributed by atoms with Crippen LogP contribution >= 0.6 is 0 Å². The van der Waals surface area contributed by atoms with Gasteiger partial charge in [0.25, 0.3) is 0 Å². The van der Waals surface area contributed by atoms with Gasteiger partial charge in [-0.2, -0.15) is 0 Å². The lowest BCUT2D eigenvalue weighted by Crippen LogP contribution is -2.50. The summed E-state index contributed by atoms with van der Waals surface area (Å²) in [5, 5.41) is 0. The van der Waals surface area contributed by atoms with E-state index in [2.05, 4.69) is 20.4 Å². The number of carbonyl (C=O) groups is 2. The van der Waals surface area contributed by atoms with Gasteiger partial charge in [0.15, 0.2) is 5.78 Å². The van der Waals surface area contributed by atoms with E-state index in [0.29, 0.717) is 29.3 Å². The molecule has 0 aromatic heterocycles. The zero-order valence-electron chi connectivity index (χ0n) is 15.6. The second-order valence-corrected chi connectivity index (χ2v) is 8.80. The molecule has 0 heterocycles. The van der Waals surface area contributed by atoms with Crippen molar-refractivity contribution in [2.45, 2.75) is 72.1 Å². The smallest absolute Gasteiger partial charge is 0.155 e. The second-order valence-electron chi connectivity index (χ2n) is 8.80. The quantitative estimate of drug-likeness (QED) is 0.567. The fourth-order valence-electron chi connectivity index (χ4n) is 6.33. The van der Waals surface area contributed by atoms with E-state index in [4.69, 9.17) is 0 Å². The highest BCUT2D eigenvalue weighted by Crippen LogP contribution is 2.64. The van der Waals surface area contributed by atoms with Crippen LogP contribution in [0.4, 0.5) is 0 Å². The van der Waals surface area contributed by atoms with Crippen molar-refractivity contribution in [3.63, 3.8) is 0 Å². The van der Waals surface area contributed by atoms with Crippen LogP contribution in [0.5, 0.6) is 0 Å². The van der Waals surface area contributed by atoms with Crippen LogP contribution in [0, 0.1) is 28.6 Å². The minimum Gasteiger partial charge on any atom is -0.299 e. The van der Waals surface area contributed by atoms with Crippen molar-refractivity contribution in [1.82, 2.24) is 0 Å². The van der Waals surface area contributed by atoms with E-state index in [0.717, 1.165) is 38.5 Å². The summed E-state index contributed by atoms with van der Waals surface area (Å²) in [6, 6.07) is 0. The fourth-order valence-corrected chi connectivity index (χ4v) is 6.33. The first-order valence-electron chi connectivity index (χ1n) is 9.71. The topological polar surface area (TPSA) is 34.1 Å². The number of hydrogen-bond acceptors (Lipinski definition) is 2. The molecule has 3 saturated carbocycles. The zero-order chi connectivity index (χ0) is 17.5. The lowest BCUT2D eigenvalue weighted by Gasteiger charge is -2.56. The molecular formula is C22H32O2. The van der Waals surface area contributed by atoms with Gasteiger partial charge < -0.3 is 0 Å². The maximum Gasteiger partial charge on any atom is 0.155 e. The monoisotopic (exact) mass is 328 g/mol. The Hall–Kier alpha value is -1.18. The average Bonchev–Trinajstić information content (AvgIpc) is 2.84. The van der Waals surface area contributed by atoms with E-state index in [1.807, 2.05) is 13.0 Å². The third-order valence-corrected chi connectivity index (χ3v) is 7.67. The predicted octanol–water partition coefficient (Wildman–Crippen LogP) is 5.28. The van der Waals surface area contributed by atoms with Gasteiger partial charge in [-0.25, -0.2) is 0 Å². The third-order valence-electron chi connectivity index (χ3n) is 7.67. The van der Waals surface area contributed by atoms with E-state index in [9.17, 15) is 9.59 Å². The fraction of sp³-hybridized carbons (Fsp3) is 0.727. The van der Waals surface area contributed by atoms with Crippen LogP contribution in [-0.2, 0) is 9.59 Å². The highest BCUT2D eigenvalue weighted by Gasteiger charge is 2.58. The number of carbonyl (C=O) groups excluding carboxylic acids is 2. The molecule has 2 heteroatoms. The molecule has 0 amide bonds. The molecule has 4 unspecified atom stereocenters. The Morgan fingerprint density at radius 3 is 2.38 bits per heavy atom. The Morgan fingerprint density at radius 2 is 1.67 bits per heavy atom. The van der Waals surface area contributed by atoms with Crippen molar-refractivity contribution in [1.29, 1.82) is 0 Å². The average molecular weight is 328 g/mol. The molecule has 5 atom stereocenters. The molecule has 0 N–H and O–H groups in total. The Kier molecular flexibility index (Phi) is 4.61. The molecule has 3 fully saturated rings. The van der Waals surface area contributed by atoms with Crippen LogP contribution in [0.1, 0.15) is 72.1 Å². The van der Waals surface area contributed by atoms with Gasteiger partial charge in [0, 0.05) is 18.3 Å². The van der Waals surface area contributed by atoms with Crippen LogP contribution in [0.15, 0.2) is 24.3 Å². The van der Waals surface area contributed by atoms with Crippen molar-refractivity contribution in [3.8, 4) is 0 Å². The maximum absolute atomic E-state index is 12.4. The molecular weight excluding hydrogens is 296 g/mol. The number of Topliss-reactive ketones (excluding diaryl/α,β-unsaturated/α-hetero) is 1. The summed E-state index contributed by atoms with van der Waals surface area (Å²) in [6.07, 6.45) is 12.0. The second kappa shape index (κ2) is 6.28. The summed E-state index contributed by atoms with van der Waals surface area (Å²) < 4.78 is 0. The molecule has 0 aromatic carbocycles. The van der Waals surface area contributed by atoms with E-state index in [-0.39, 0.29) is 10.8 Å². The highest BCUT2D eigenvalue weighted by atomic mass is 16.1. The summed E-state index contributed by atoms with van der Waals surface area (Å²) in [4.78, 5) is 24.1. The summed E-state index contributed by atoms with van der Waals surface area (Å²) in [5.74, 6) is 2.88. The van der Waals surface area contributed by atoms with Crippen LogP contribution in [-0.4, -0.2) is 11.6 Å². The Bertz CT molecular complexity index is 587. The van der Waals surface area contributed by atoms with Gasteiger partial charge in [0.1, 0.15) is 5.78 Å². The number of hydrogen-bond donors (Lipinski definition) is 0. The molecule has 0 bridgehead atoms. The van der Waals surface area contributed by atoms with Crippen LogP contribution < -0.4 is 0 Å². The number of rotatable bonds is 0. The molecule has 24 heavy (non-hydrogen) atoms. The minimum absolute atomic E-state index is 0.0246. The van der Waals surface area contributed by atoms with Gasteiger partial charge in [-0.1, -0.05) is 25.5 Å². The first-order valence-corrected chi connectivity index (χ1v) is 9.71. The van der Waals surface area contributed by atoms with Gasteiger partial charge >= 0.3 is 0 Å². The van der Waals surface area contributed by atoms with Crippen molar-refractivity contribution in [3.05, 3.63) is 24.3 Å². The SMILES string of the molecule is C=CC.CC12CCC(=O)C=C1CCC1C2CC[C@]2(C)C(=O)CCC12. The van der Waals surface area contributed by atoms with Crippen LogP contribution in [0.2, 0.25) is 0 Å². The van der Waals surface area contributed by atoms with Crippen LogP contribution in [0.25, 0.3) is 0 Å². The Morgan fingerprint density at radius 1 is 1.00 bits per heavy atom. The van der Waals surface area contributed by atoms with Crippen molar-refractivity contribution < 1.29 is 9.59 Å². The molecule has 0 aromatic rings. The van der Waals surface area contributed by atoms with Gasteiger partial charge in [-0.05, 0) is 74.7 Å². The van der Waals surface area contributed by atoms with Gasteiger partial charge in [-0.3, -0.25) is 9.59 Å². The number of allylic oxidation sites excluding steroid dienone is 2. The molecule has 2 nitrogen and oxygen atoms in total. The molecule has 0 saturated heterocycles. The summed E-state index contributed by atoms with van der Waals surface area (Å²) in [5.41, 5.74) is 1.64. The molecule has 0 spiro atoms. The first kappa shape index (κ1) is 17.6. The van der Waals surface area contributed by atoms with E-state index < -0.39 is 0 Å². The standard InChI is InChI=1S/C19H26O2.C3H6/c1-18-9-7-13(20)11-12(18)3-4-14-15-5-6-17(21)19(15,2)10-8-16(14)18;1-3-2/h11,14-16H,3-10H2,1-2H3;3H,1H2,2H3/t14?,15?,16?,18?,19-;/m0./s1. The van der Waals surface area contributed by atoms with Gasteiger partial charge in [-0.15, -0.1) is 6.58 Å². The van der Waals surface area contributed by atoms with E-state index in [1.165, 1.54) is 18.4 Å². The summed E-state index contributed by atoms with van der Waals surface area (Å²) in [7, 11) is 0. The Labute approximate surface area is 146 Å². The van der Waals surface area contributed by atoms with Crippen molar-refractivity contribution in [2.24, 2.45) is 28.6 Å². The number of fused-ring (bicyclic) bond motifs is 5. The largest absolute Gasteiger partial charge is 0.299 e. The molecule has 4 aliphatic rings. The zero-order valence-corrected chi connectivity index (χ0v) is 15.6. The molecule has 132 valence electrons. The lowest BCUT2D eigenvalue weighted by molar-refractivity contribution is -0.132. The lowest BCUT2D eigenvalue weighted by atomic mass is 9.47. The predicted molar refractivity (Wildman–Crippen MR) is 97.6 cm³/mol. The summed E-state index contributed by atoms with van der Waals surface area (Å²) in [6.45, 7) is 9.89. The van der Waals surface area contributed by atoms with Gasteiger partial charge in [0.05, 0.1) is 0 Å². The van der Waals surface area contributed by atoms with Crippen LogP contribution in [0.3, 0.4) is 0 Å².